The molecule has 0 amide bonds. The Morgan fingerprint density at radius 3 is 2.56 bits per heavy atom. The van der Waals surface area contributed by atoms with E-state index in [1.807, 2.05) is 13.8 Å². The monoisotopic (exact) mass is 280 g/mol. The first kappa shape index (κ1) is 13.2. The van der Waals surface area contributed by atoms with Gasteiger partial charge in [-0.05, 0) is 38.1 Å². The number of thioether (sulfide) groups is 1. The van der Waals surface area contributed by atoms with E-state index in [-0.39, 0.29) is 5.82 Å². The van der Waals surface area contributed by atoms with E-state index >= 15 is 0 Å². The van der Waals surface area contributed by atoms with Crippen molar-refractivity contribution in [2.75, 3.05) is 0 Å². The van der Waals surface area contributed by atoms with Crippen molar-refractivity contribution >= 4 is 24.0 Å². The number of halogens is 1. The first-order valence-corrected chi connectivity index (χ1v) is 6.90. The van der Waals surface area contributed by atoms with Gasteiger partial charge in [-0.25, -0.2) is 9.37 Å². The SMILES string of the molecule is Cc1[nH]c(CSc2ccc(F)cc2)nc(=S)c1C. The first-order valence-electron chi connectivity index (χ1n) is 5.51. The molecule has 5 heteroatoms. The maximum Gasteiger partial charge on any atom is 0.132 e. The summed E-state index contributed by atoms with van der Waals surface area (Å²) in [5.74, 6) is 1.32. The lowest BCUT2D eigenvalue weighted by Gasteiger charge is -2.05. The van der Waals surface area contributed by atoms with Crippen LogP contribution in [0.15, 0.2) is 29.2 Å². The van der Waals surface area contributed by atoms with Gasteiger partial charge in [0.05, 0.1) is 5.75 Å². The Kier molecular flexibility index (Phi) is 4.14. The van der Waals surface area contributed by atoms with Gasteiger partial charge in [0.25, 0.3) is 0 Å². The first-order chi connectivity index (χ1) is 8.56. The smallest absolute Gasteiger partial charge is 0.132 e. The second-order valence-electron chi connectivity index (χ2n) is 3.98. The van der Waals surface area contributed by atoms with Crippen molar-refractivity contribution in [3.63, 3.8) is 0 Å². The van der Waals surface area contributed by atoms with E-state index in [9.17, 15) is 4.39 Å². The molecule has 0 atom stereocenters. The standard InChI is InChI=1S/C13H13FN2S2/c1-8-9(2)15-12(16-13(8)17)7-18-11-5-3-10(14)4-6-11/h3-6H,7H2,1-2H3,(H,15,16,17). The molecule has 0 bridgehead atoms. The fraction of sp³-hybridized carbons (Fsp3) is 0.231. The summed E-state index contributed by atoms with van der Waals surface area (Å²) in [6, 6.07) is 6.43. The van der Waals surface area contributed by atoms with Crippen molar-refractivity contribution in [1.82, 2.24) is 9.97 Å². The Morgan fingerprint density at radius 2 is 1.94 bits per heavy atom. The van der Waals surface area contributed by atoms with Crippen molar-refractivity contribution in [3.05, 3.63) is 51.8 Å². The molecule has 0 saturated heterocycles. The van der Waals surface area contributed by atoms with Crippen molar-refractivity contribution in [3.8, 4) is 0 Å². The van der Waals surface area contributed by atoms with Crippen LogP contribution in [0.2, 0.25) is 0 Å². The van der Waals surface area contributed by atoms with E-state index in [0.717, 1.165) is 22.0 Å². The molecule has 2 rings (SSSR count). The summed E-state index contributed by atoms with van der Waals surface area (Å²) >= 11 is 6.79. The van der Waals surface area contributed by atoms with Gasteiger partial charge in [0.1, 0.15) is 16.3 Å². The van der Waals surface area contributed by atoms with E-state index in [2.05, 4.69) is 9.97 Å². The maximum atomic E-state index is 12.8. The van der Waals surface area contributed by atoms with Gasteiger partial charge in [0.15, 0.2) is 0 Å². The molecule has 0 fully saturated rings. The second-order valence-corrected chi connectivity index (χ2v) is 5.42. The summed E-state index contributed by atoms with van der Waals surface area (Å²) < 4.78 is 13.4. The largest absolute Gasteiger partial charge is 0.346 e. The molecule has 1 N–H and O–H groups in total. The van der Waals surface area contributed by atoms with Gasteiger partial charge < -0.3 is 4.98 Å². The molecular weight excluding hydrogens is 267 g/mol. The molecule has 0 aliphatic rings. The Hall–Kier alpha value is -1.20. The Bertz CT molecular complexity index is 605. The minimum Gasteiger partial charge on any atom is -0.346 e. The van der Waals surface area contributed by atoms with Gasteiger partial charge in [0, 0.05) is 16.2 Å². The third-order valence-electron chi connectivity index (χ3n) is 2.64. The topological polar surface area (TPSA) is 28.7 Å². The van der Waals surface area contributed by atoms with Gasteiger partial charge in [-0.2, -0.15) is 0 Å². The molecule has 1 aromatic heterocycles. The molecule has 0 radical (unpaired) electrons. The molecule has 0 saturated carbocycles. The molecular formula is C13H13FN2S2. The van der Waals surface area contributed by atoms with Crippen LogP contribution in [-0.4, -0.2) is 9.97 Å². The molecule has 18 heavy (non-hydrogen) atoms. The number of aromatic amines is 1. The number of benzene rings is 1. The van der Waals surface area contributed by atoms with Gasteiger partial charge >= 0.3 is 0 Å². The highest BCUT2D eigenvalue weighted by Crippen LogP contribution is 2.21. The number of aryl methyl sites for hydroxylation is 1. The summed E-state index contributed by atoms with van der Waals surface area (Å²) in [4.78, 5) is 8.57. The van der Waals surface area contributed by atoms with E-state index < -0.39 is 0 Å². The average molecular weight is 280 g/mol. The van der Waals surface area contributed by atoms with Crippen molar-refractivity contribution < 1.29 is 4.39 Å². The number of hydrogen-bond acceptors (Lipinski definition) is 3. The van der Waals surface area contributed by atoms with Crippen molar-refractivity contribution in [2.24, 2.45) is 0 Å². The third kappa shape index (κ3) is 3.17. The minimum atomic E-state index is -0.219. The lowest BCUT2D eigenvalue weighted by molar-refractivity contribution is 0.626. The number of nitrogens with zero attached hydrogens (tertiary/aromatic N) is 1. The van der Waals surface area contributed by atoms with E-state index in [4.69, 9.17) is 12.2 Å². The van der Waals surface area contributed by atoms with Gasteiger partial charge in [-0.15, -0.1) is 11.8 Å². The quantitative estimate of drug-likeness (QED) is 0.675. The zero-order valence-corrected chi connectivity index (χ0v) is 11.8. The van der Waals surface area contributed by atoms with E-state index in [1.54, 1.807) is 23.9 Å². The molecule has 0 aliphatic heterocycles. The minimum absolute atomic E-state index is 0.219. The van der Waals surface area contributed by atoms with Gasteiger partial charge in [0.2, 0.25) is 0 Å². The Labute approximate surface area is 115 Å². The van der Waals surface area contributed by atoms with Crippen LogP contribution in [0.1, 0.15) is 17.1 Å². The molecule has 0 spiro atoms. The molecule has 1 heterocycles. The molecule has 2 nitrogen and oxygen atoms in total. The molecule has 2 aromatic rings. The lowest BCUT2D eigenvalue weighted by atomic mass is 10.3. The molecule has 94 valence electrons. The van der Waals surface area contributed by atoms with Crippen LogP contribution in [0.3, 0.4) is 0 Å². The summed E-state index contributed by atoms with van der Waals surface area (Å²) in [6.07, 6.45) is 0. The molecule has 0 unspecified atom stereocenters. The summed E-state index contributed by atoms with van der Waals surface area (Å²) in [5.41, 5.74) is 2.06. The number of H-pyrrole nitrogens is 1. The summed E-state index contributed by atoms with van der Waals surface area (Å²) in [5, 5.41) is 0. The van der Waals surface area contributed by atoms with E-state index in [0.29, 0.717) is 10.4 Å². The van der Waals surface area contributed by atoms with Crippen LogP contribution in [0.4, 0.5) is 4.39 Å². The third-order valence-corrected chi connectivity index (χ3v) is 4.06. The van der Waals surface area contributed by atoms with Crippen LogP contribution in [0.5, 0.6) is 0 Å². The van der Waals surface area contributed by atoms with Gasteiger partial charge in [-0.3, -0.25) is 0 Å². The number of nitrogens with one attached hydrogen (secondary N) is 1. The highest BCUT2D eigenvalue weighted by Gasteiger charge is 2.02. The lowest BCUT2D eigenvalue weighted by Crippen LogP contribution is -1.98. The predicted octanol–water partition coefficient (Wildman–Crippen LogP) is 4.19. The van der Waals surface area contributed by atoms with E-state index in [1.165, 1.54) is 12.1 Å². The zero-order valence-electron chi connectivity index (χ0n) is 10.2. The van der Waals surface area contributed by atoms with Crippen LogP contribution in [0.25, 0.3) is 0 Å². The average Bonchev–Trinajstić information content (AvgIpc) is 2.35. The number of hydrogen-bond donors (Lipinski definition) is 1. The highest BCUT2D eigenvalue weighted by atomic mass is 32.2. The van der Waals surface area contributed by atoms with Crippen molar-refractivity contribution in [2.45, 2.75) is 24.5 Å². The second kappa shape index (κ2) is 5.63. The van der Waals surface area contributed by atoms with Gasteiger partial charge in [-0.1, -0.05) is 12.2 Å². The predicted molar refractivity (Wildman–Crippen MR) is 74.9 cm³/mol. The summed E-state index contributed by atoms with van der Waals surface area (Å²) in [7, 11) is 0. The number of rotatable bonds is 3. The Morgan fingerprint density at radius 1 is 1.28 bits per heavy atom. The normalized spacial score (nSPS) is 10.6. The van der Waals surface area contributed by atoms with Crippen LogP contribution < -0.4 is 0 Å². The van der Waals surface area contributed by atoms with Crippen LogP contribution in [-0.2, 0) is 5.75 Å². The maximum absolute atomic E-state index is 12.8. The zero-order chi connectivity index (χ0) is 13.1. The molecule has 0 aliphatic carbocycles. The fourth-order valence-electron chi connectivity index (χ4n) is 1.46. The van der Waals surface area contributed by atoms with Crippen molar-refractivity contribution in [1.29, 1.82) is 0 Å². The highest BCUT2D eigenvalue weighted by molar-refractivity contribution is 7.98. The van der Waals surface area contributed by atoms with Crippen LogP contribution in [0, 0.1) is 24.3 Å². The van der Waals surface area contributed by atoms with Crippen LogP contribution >= 0.6 is 24.0 Å². The molecule has 1 aromatic carbocycles. The number of aromatic nitrogens is 2. The Balaban J connectivity index is 2.11. The summed E-state index contributed by atoms with van der Waals surface area (Å²) in [6.45, 7) is 3.94. The fourth-order valence-corrected chi connectivity index (χ4v) is 2.49.